The Labute approximate surface area is 188 Å². The average Bonchev–Trinajstić information content (AvgIpc) is 3.31. The van der Waals surface area contributed by atoms with Crippen molar-refractivity contribution in [3.63, 3.8) is 0 Å². The van der Waals surface area contributed by atoms with Crippen molar-refractivity contribution in [1.82, 2.24) is 9.62 Å². The van der Waals surface area contributed by atoms with E-state index in [0.29, 0.717) is 48.3 Å². The van der Waals surface area contributed by atoms with Crippen molar-refractivity contribution in [2.24, 2.45) is 5.92 Å². The lowest BCUT2D eigenvalue weighted by atomic mass is 9.98. The van der Waals surface area contributed by atoms with Crippen molar-refractivity contribution in [3.05, 3.63) is 41.3 Å². The molecule has 0 bridgehead atoms. The smallest absolute Gasteiger partial charge is 0.252 e. The molecular formula is C22H30N2O5S2. The van der Waals surface area contributed by atoms with Crippen LogP contribution in [0.2, 0.25) is 0 Å². The molecule has 2 aromatic rings. The van der Waals surface area contributed by atoms with Gasteiger partial charge in [0.2, 0.25) is 5.91 Å². The van der Waals surface area contributed by atoms with Gasteiger partial charge in [-0.2, -0.15) is 4.31 Å². The van der Waals surface area contributed by atoms with E-state index in [0.717, 1.165) is 5.56 Å². The zero-order chi connectivity index (χ0) is 22.4. The van der Waals surface area contributed by atoms with Crippen LogP contribution < -0.4 is 14.8 Å². The van der Waals surface area contributed by atoms with Crippen molar-refractivity contribution >= 4 is 27.3 Å². The average molecular weight is 467 g/mol. The number of rotatable bonds is 9. The topological polar surface area (TPSA) is 84.9 Å². The highest BCUT2D eigenvalue weighted by Crippen LogP contribution is 2.31. The summed E-state index contributed by atoms with van der Waals surface area (Å²) in [6.45, 7) is 7.43. The number of amides is 1. The Hall–Kier alpha value is -2.10. The molecule has 1 aliphatic rings. The third-order valence-electron chi connectivity index (χ3n) is 5.27. The van der Waals surface area contributed by atoms with E-state index in [1.807, 2.05) is 39.0 Å². The SMILES string of the molecule is CCOc1ccc([C@H](C)NC(=O)[C@H]2CCCN(S(=O)(=O)c3cccs3)C2)cc1OCC. The molecule has 1 saturated heterocycles. The first-order chi connectivity index (χ1) is 14.9. The number of carbonyl (C=O) groups excluding carboxylic acids is 1. The minimum atomic E-state index is -3.55. The van der Waals surface area contributed by atoms with Crippen LogP contribution >= 0.6 is 11.3 Å². The van der Waals surface area contributed by atoms with E-state index in [-0.39, 0.29) is 24.4 Å². The lowest BCUT2D eigenvalue weighted by Crippen LogP contribution is -2.45. The molecule has 1 aromatic heterocycles. The minimum absolute atomic E-state index is 0.134. The van der Waals surface area contributed by atoms with Crippen molar-refractivity contribution in [3.8, 4) is 11.5 Å². The summed E-state index contributed by atoms with van der Waals surface area (Å²) < 4.78 is 38.7. The van der Waals surface area contributed by atoms with Gasteiger partial charge < -0.3 is 14.8 Å². The fourth-order valence-corrected chi connectivity index (χ4v) is 6.33. The first-order valence-corrected chi connectivity index (χ1v) is 12.9. The van der Waals surface area contributed by atoms with E-state index in [2.05, 4.69) is 5.32 Å². The molecule has 1 aliphatic heterocycles. The molecule has 1 N–H and O–H groups in total. The molecule has 0 unspecified atom stereocenters. The molecule has 0 radical (unpaired) electrons. The highest BCUT2D eigenvalue weighted by Gasteiger charge is 2.34. The number of sulfonamides is 1. The first kappa shape index (κ1) is 23.6. The van der Waals surface area contributed by atoms with Crippen molar-refractivity contribution in [2.45, 2.75) is 43.9 Å². The molecule has 9 heteroatoms. The molecule has 1 aromatic carbocycles. The third-order valence-corrected chi connectivity index (χ3v) is 8.51. The zero-order valence-electron chi connectivity index (χ0n) is 18.2. The maximum absolute atomic E-state index is 12.9. The quantitative estimate of drug-likeness (QED) is 0.607. The summed E-state index contributed by atoms with van der Waals surface area (Å²) in [6.07, 6.45) is 1.33. The largest absolute Gasteiger partial charge is 0.490 e. The van der Waals surface area contributed by atoms with E-state index in [1.165, 1.54) is 15.6 Å². The summed E-state index contributed by atoms with van der Waals surface area (Å²) in [5, 5.41) is 4.79. The number of carbonyl (C=O) groups is 1. The number of ether oxygens (including phenoxy) is 2. The van der Waals surface area contributed by atoms with E-state index in [4.69, 9.17) is 9.47 Å². The van der Waals surface area contributed by atoms with Crippen LogP contribution in [0.4, 0.5) is 0 Å². The summed E-state index contributed by atoms with van der Waals surface area (Å²) in [5.41, 5.74) is 0.902. The fraction of sp³-hybridized carbons (Fsp3) is 0.500. The van der Waals surface area contributed by atoms with Crippen LogP contribution in [0.1, 0.15) is 45.2 Å². The zero-order valence-corrected chi connectivity index (χ0v) is 19.8. The Bertz CT molecular complexity index is 976. The van der Waals surface area contributed by atoms with Gasteiger partial charge in [0, 0.05) is 13.1 Å². The van der Waals surface area contributed by atoms with E-state index >= 15 is 0 Å². The van der Waals surface area contributed by atoms with Crippen molar-refractivity contribution in [2.75, 3.05) is 26.3 Å². The Morgan fingerprint density at radius 3 is 2.65 bits per heavy atom. The molecule has 3 rings (SSSR count). The third kappa shape index (κ3) is 5.58. The predicted molar refractivity (Wildman–Crippen MR) is 121 cm³/mol. The van der Waals surface area contributed by atoms with Gasteiger partial charge in [0.1, 0.15) is 4.21 Å². The van der Waals surface area contributed by atoms with E-state index in [1.54, 1.807) is 17.5 Å². The van der Waals surface area contributed by atoms with Gasteiger partial charge in [-0.3, -0.25) is 4.79 Å². The van der Waals surface area contributed by atoms with Gasteiger partial charge in [0.25, 0.3) is 10.0 Å². The van der Waals surface area contributed by atoms with Gasteiger partial charge in [-0.25, -0.2) is 8.42 Å². The summed E-state index contributed by atoms with van der Waals surface area (Å²) in [4.78, 5) is 12.9. The number of nitrogens with zero attached hydrogens (tertiary/aromatic N) is 1. The molecule has 170 valence electrons. The molecule has 0 saturated carbocycles. The molecule has 1 amide bonds. The molecular weight excluding hydrogens is 436 g/mol. The molecule has 31 heavy (non-hydrogen) atoms. The Morgan fingerprint density at radius 1 is 1.23 bits per heavy atom. The predicted octanol–water partition coefficient (Wildman–Crippen LogP) is 3.82. The maximum atomic E-state index is 12.9. The van der Waals surface area contributed by atoms with E-state index < -0.39 is 10.0 Å². The van der Waals surface area contributed by atoms with Crippen LogP contribution in [-0.2, 0) is 14.8 Å². The van der Waals surface area contributed by atoms with Gasteiger partial charge >= 0.3 is 0 Å². The van der Waals surface area contributed by atoms with Gasteiger partial charge in [-0.1, -0.05) is 12.1 Å². The highest BCUT2D eigenvalue weighted by molar-refractivity contribution is 7.91. The first-order valence-electron chi connectivity index (χ1n) is 10.6. The van der Waals surface area contributed by atoms with Crippen molar-refractivity contribution < 1.29 is 22.7 Å². The van der Waals surface area contributed by atoms with Crippen LogP contribution in [0.25, 0.3) is 0 Å². The normalized spacial score (nSPS) is 18.4. The lowest BCUT2D eigenvalue weighted by Gasteiger charge is -2.31. The number of hydrogen-bond acceptors (Lipinski definition) is 6. The van der Waals surface area contributed by atoms with Crippen LogP contribution in [0.15, 0.2) is 39.9 Å². The molecule has 2 atom stereocenters. The van der Waals surface area contributed by atoms with Gasteiger partial charge in [0.05, 0.1) is 25.2 Å². The summed E-state index contributed by atoms with van der Waals surface area (Å²) >= 11 is 1.20. The maximum Gasteiger partial charge on any atom is 0.252 e. The van der Waals surface area contributed by atoms with Gasteiger partial charge in [-0.15, -0.1) is 11.3 Å². The molecule has 2 heterocycles. The second-order valence-corrected chi connectivity index (χ2v) is 10.5. The summed E-state index contributed by atoms with van der Waals surface area (Å²) in [5.74, 6) is 0.813. The number of nitrogens with one attached hydrogen (secondary N) is 1. The number of benzene rings is 1. The monoisotopic (exact) mass is 466 g/mol. The Morgan fingerprint density at radius 2 is 1.97 bits per heavy atom. The Kier molecular flexibility index (Phi) is 7.96. The number of thiophene rings is 1. The van der Waals surface area contributed by atoms with Crippen LogP contribution in [-0.4, -0.2) is 44.9 Å². The van der Waals surface area contributed by atoms with Gasteiger partial charge in [-0.05, 0) is 62.8 Å². The molecule has 7 nitrogen and oxygen atoms in total. The number of piperidine rings is 1. The highest BCUT2D eigenvalue weighted by atomic mass is 32.2. The number of hydrogen-bond donors (Lipinski definition) is 1. The molecule has 0 spiro atoms. The van der Waals surface area contributed by atoms with Gasteiger partial charge in [0.15, 0.2) is 11.5 Å². The summed E-state index contributed by atoms with van der Waals surface area (Å²) in [7, 11) is -3.55. The minimum Gasteiger partial charge on any atom is -0.490 e. The van der Waals surface area contributed by atoms with Crippen LogP contribution in [0.3, 0.4) is 0 Å². The molecule has 0 aliphatic carbocycles. The summed E-state index contributed by atoms with van der Waals surface area (Å²) in [6, 6.07) is 8.73. The van der Waals surface area contributed by atoms with Crippen molar-refractivity contribution in [1.29, 1.82) is 0 Å². The fourth-order valence-electron chi connectivity index (χ4n) is 3.66. The van der Waals surface area contributed by atoms with E-state index in [9.17, 15) is 13.2 Å². The second-order valence-electron chi connectivity index (χ2n) is 7.44. The standard InChI is InChI=1S/C22H30N2O5S2/c1-4-28-19-11-10-17(14-20(19)29-5-2)16(3)23-22(25)18-8-6-12-24(15-18)31(26,27)21-9-7-13-30-21/h7,9-11,13-14,16,18H,4-6,8,12,15H2,1-3H3,(H,23,25)/t16-,18-/m0/s1. The Balaban J connectivity index is 1.67. The lowest BCUT2D eigenvalue weighted by molar-refractivity contribution is -0.126. The van der Waals surface area contributed by atoms with Crippen LogP contribution in [0, 0.1) is 5.92 Å². The van der Waals surface area contributed by atoms with Crippen LogP contribution in [0.5, 0.6) is 11.5 Å². The second kappa shape index (κ2) is 10.5. The molecule has 1 fully saturated rings.